The van der Waals surface area contributed by atoms with Crippen molar-refractivity contribution in [1.82, 2.24) is 14.1 Å². The number of hydrogen-bond acceptors (Lipinski definition) is 6. The van der Waals surface area contributed by atoms with E-state index in [1.54, 1.807) is 13.2 Å². The first-order chi connectivity index (χ1) is 14.6. The molecule has 0 bridgehead atoms. The van der Waals surface area contributed by atoms with E-state index < -0.39 is 10.0 Å². The minimum Gasteiger partial charge on any atom is -0.383 e. The summed E-state index contributed by atoms with van der Waals surface area (Å²) in [6.45, 7) is 9.19. The van der Waals surface area contributed by atoms with Gasteiger partial charge in [-0.15, -0.1) is 0 Å². The second kappa shape index (κ2) is 9.15. The van der Waals surface area contributed by atoms with Crippen LogP contribution in [0.3, 0.4) is 0 Å². The van der Waals surface area contributed by atoms with E-state index in [0.717, 1.165) is 16.9 Å². The van der Waals surface area contributed by atoms with E-state index in [0.29, 0.717) is 29.4 Å². The Morgan fingerprint density at radius 2 is 2.00 bits per heavy atom. The van der Waals surface area contributed by atoms with Crippen LogP contribution in [0.1, 0.15) is 41.6 Å². The number of rotatable bonds is 9. The van der Waals surface area contributed by atoms with Crippen LogP contribution in [0.25, 0.3) is 11.0 Å². The topological polar surface area (TPSA) is 109 Å². The summed E-state index contributed by atoms with van der Waals surface area (Å²) in [7, 11) is -2.14. The molecule has 2 N–H and O–H groups in total. The molecule has 31 heavy (non-hydrogen) atoms. The molecule has 0 fully saturated rings. The number of hydrogen-bond donors (Lipinski definition) is 1. The molecular weight excluding hydrogens is 436 g/mol. The molecule has 3 rings (SSSR count). The molecule has 2 heterocycles. The first kappa shape index (κ1) is 23.5. The van der Waals surface area contributed by atoms with Crippen LogP contribution in [0.2, 0.25) is 0 Å². The van der Waals surface area contributed by atoms with Gasteiger partial charge in [0.05, 0.1) is 34.3 Å². The number of methoxy groups -OCH3 is 1. The van der Waals surface area contributed by atoms with Crippen molar-refractivity contribution >= 4 is 38.6 Å². The molecule has 0 saturated carbocycles. The maximum atomic E-state index is 13.0. The number of aromatic nitrogens is 3. The van der Waals surface area contributed by atoms with Crippen LogP contribution < -0.4 is 5.14 Å². The lowest BCUT2D eigenvalue weighted by molar-refractivity contribution is 0.102. The van der Waals surface area contributed by atoms with Crippen LogP contribution >= 0.6 is 11.8 Å². The normalized spacial score (nSPS) is 13.1. The zero-order chi connectivity index (χ0) is 22.9. The number of benzene rings is 1. The Kier molecular flexibility index (Phi) is 6.95. The molecule has 168 valence electrons. The molecule has 1 atom stereocenters. The van der Waals surface area contributed by atoms with Crippen molar-refractivity contribution in [2.75, 3.05) is 19.5 Å². The van der Waals surface area contributed by atoms with E-state index in [-0.39, 0.29) is 22.5 Å². The molecule has 2 aromatic heterocycles. The highest BCUT2D eigenvalue weighted by atomic mass is 32.2. The number of sulfonamides is 1. The Bertz CT molecular complexity index is 1230. The highest BCUT2D eigenvalue weighted by Gasteiger charge is 2.20. The van der Waals surface area contributed by atoms with E-state index in [4.69, 9.17) is 9.88 Å². The fraction of sp³-hybridized carbons (Fsp3) is 0.429. The lowest BCUT2D eigenvalue weighted by Gasteiger charge is -2.17. The maximum absolute atomic E-state index is 13.0. The van der Waals surface area contributed by atoms with Crippen LogP contribution in [0.5, 0.6) is 0 Å². The first-order valence-electron chi connectivity index (χ1n) is 9.94. The lowest BCUT2D eigenvalue weighted by Crippen LogP contribution is -2.14. The monoisotopic (exact) mass is 464 g/mol. The lowest BCUT2D eigenvalue weighted by atomic mass is 10.2. The first-order valence-corrected chi connectivity index (χ1v) is 12.5. The summed E-state index contributed by atoms with van der Waals surface area (Å²) in [4.78, 5) is 17.6. The van der Waals surface area contributed by atoms with Crippen molar-refractivity contribution in [3.05, 3.63) is 41.2 Å². The molecule has 3 aromatic rings. The zero-order valence-corrected chi connectivity index (χ0v) is 20.0. The molecule has 1 aromatic carbocycles. The van der Waals surface area contributed by atoms with Gasteiger partial charge in [-0.1, -0.05) is 11.8 Å². The third kappa shape index (κ3) is 4.72. The minimum absolute atomic E-state index is 0.0194. The second-order valence-corrected chi connectivity index (χ2v) is 10.0. The highest BCUT2D eigenvalue weighted by Crippen LogP contribution is 2.28. The van der Waals surface area contributed by atoms with Gasteiger partial charge in [0, 0.05) is 30.6 Å². The van der Waals surface area contributed by atoms with Gasteiger partial charge in [0.2, 0.25) is 10.0 Å². The van der Waals surface area contributed by atoms with Gasteiger partial charge < -0.3 is 13.9 Å². The van der Waals surface area contributed by atoms with Gasteiger partial charge >= 0.3 is 0 Å². The van der Waals surface area contributed by atoms with Crippen molar-refractivity contribution < 1.29 is 17.9 Å². The Hall–Kier alpha value is -2.14. The van der Waals surface area contributed by atoms with Crippen LogP contribution in [-0.4, -0.2) is 47.8 Å². The average molecular weight is 465 g/mol. The Morgan fingerprint density at radius 3 is 2.61 bits per heavy atom. The summed E-state index contributed by atoms with van der Waals surface area (Å²) in [5.41, 5.74) is 3.98. The number of imidazole rings is 1. The number of ketones is 1. The molecular formula is C21H28N4O4S2. The molecule has 0 amide bonds. The molecule has 0 saturated heterocycles. The van der Waals surface area contributed by atoms with Crippen molar-refractivity contribution in [2.24, 2.45) is 5.14 Å². The zero-order valence-electron chi connectivity index (χ0n) is 18.4. The number of ether oxygens (including phenoxy) is 1. The number of primary sulfonamides is 1. The van der Waals surface area contributed by atoms with Gasteiger partial charge in [-0.3, -0.25) is 4.79 Å². The molecule has 0 unspecified atom stereocenters. The quantitative estimate of drug-likeness (QED) is 0.384. The van der Waals surface area contributed by atoms with Gasteiger partial charge in [0.1, 0.15) is 0 Å². The molecule has 0 aliphatic carbocycles. The van der Waals surface area contributed by atoms with Crippen molar-refractivity contribution in [3.8, 4) is 0 Å². The standard InChI is InChI=1S/C21H28N4O4S2/c1-6-24-19-8-7-16(31(22,27)28)10-18(19)23-21(24)30-12-20(26)17-9-13(2)25(15(17)4)14(3)11-29-5/h7-10,14H,6,11-12H2,1-5H3,(H2,22,27,28)/t14-/m0/s1. The van der Waals surface area contributed by atoms with E-state index in [1.165, 1.54) is 23.9 Å². The Morgan fingerprint density at radius 1 is 1.29 bits per heavy atom. The number of aryl methyl sites for hydroxylation is 2. The number of Topliss-reactive ketones (excluding diaryl/α,β-unsaturated/α-hetero) is 1. The molecule has 10 heteroatoms. The Balaban J connectivity index is 1.86. The van der Waals surface area contributed by atoms with Gasteiger partial charge in [0.15, 0.2) is 10.9 Å². The van der Waals surface area contributed by atoms with Crippen LogP contribution in [0.15, 0.2) is 34.3 Å². The summed E-state index contributed by atoms with van der Waals surface area (Å²) in [5, 5.41) is 5.90. The maximum Gasteiger partial charge on any atom is 0.238 e. The van der Waals surface area contributed by atoms with Crippen molar-refractivity contribution in [3.63, 3.8) is 0 Å². The fourth-order valence-corrected chi connectivity index (χ4v) is 5.44. The van der Waals surface area contributed by atoms with Crippen LogP contribution in [0.4, 0.5) is 0 Å². The molecule has 0 aliphatic rings. The number of carbonyl (C=O) groups excluding carboxylic acids is 1. The predicted molar refractivity (Wildman–Crippen MR) is 122 cm³/mol. The summed E-state index contributed by atoms with van der Waals surface area (Å²) < 4.78 is 32.6. The average Bonchev–Trinajstić information content (AvgIpc) is 3.21. The number of nitrogens with two attached hydrogens (primary N) is 1. The van der Waals surface area contributed by atoms with Crippen LogP contribution in [0, 0.1) is 13.8 Å². The van der Waals surface area contributed by atoms with E-state index in [9.17, 15) is 13.2 Å². The number of carbonyl (C=O) groups is 1. The van der Waals surface area contributed by atoms with E-state index in [2.05, 4.69) is 16.5 Å². The van der Waals surface area contributed by atoms with Gasteiger partial charge in [-0.2, -0.15) is 0 Å². The Labute approximate surface area is 186 Å². The summed E-state index contributed by atoms with van der Waals surface area (Å²) >= 11 is 1.34. The SMILES string of the molecule is CCn1c(SCC(=O)c2cc(C)n([C@@H](C)COC)c2C)nc2cc(S(N)(=O)=O)ccc21. The summed E-state index contributed by atoms with van der Waals surface area (Å²) in [6, 6.07) is 6.69. The summed E-state index contributed by atoms with van der Waals surface area (Å²) in [6.07, 6.45) is 0. The summed E-state index contributed by atoms with van der Waals surface area (Å²) in [5.74, 6) is 0.253. The molecule has 8 nitrogen and oxygen atoms in total. The largest absolute Gasteiger partial charge is 0.383 e. The molecule has 0 radical (unpaired) electrons. The molecule has 0 aliphatic heterocycles. The minimum atomic E-state index is -3.81. The number of thioether (sulfide) groups is 1. The highest BCUT2D eigenvalue weighted by molar-refractivity contribution is 7.99. The smallest absolute Gasteiger partial charge is 0.238 e. The third-order valence-corrected chi connectivity index (χ3v) is 7.18. The van der Waals surface area contributed by atoms with Gasteiger partial charge in [-0.05, 0) is 52.0 Å². The van der Waals surface area contributed by atoms with Crippen molar-refractivity contribution in [2.45, 2.75) is 50.3 Å². The third-order valence-electron chi connectivity index (χ3n) is 5.30. The number of nitrogens with zero attached hydrogens (tertiary/aromatic N) is 3. The number of fused-ring (bicyclic) bond motifs is 1. The van der Waals surface area contributed by atoms with Gasteiger partial charge in [-0.25, -0.2) is 18.5 Å². The second-order valence-electron chi connectivity index (χ2n) is 7.51. The van der Waals surface area contributed by atoms with E-state index in [1.807, 2.05) is 31.4 Å². The predicted octanol–water partition coefficient (Wildman–Crippen LogP) is 3.30. The van der Waals surface area contributed by atoms with E-state index >= 15 is 0 Å². The van der Waals surface area contributed by atoms with Crippen molar-refractivity contribution in [1.29, 1.82) is 0 Å². The van der Waals surface area contributed by atoms with Gasteiger partial charge in [0.25, 0.3) is 0 Å². The van der Waals surface area contributed by atoms with Crippen LogP contribution in [-0.2, 0) is 21.3 Å². The fourth-order valence-electron chi connectivity index (χ4n) is 3.94. The molecule has 0 spiro atoms.